The van der Waals surface area contributed by atoms with E-state index in [-0.39, 0.29) is 0 Å². The van der Waals surface area contributed by atoms with Crippen LogP contribution in [0, 0.1) is 0 Å². The van der Waals surface area contributed by atoms with Crippen LogP contribution in [-0.2, 0) is 53.7 Å². The Bertz CT molecular complexity index is 3020. The summed E-state index contributed by atoms with van der Waals surface area (Å²) in [6.45, 7) is 10.5. The average Bonchev–Trinajstić information content (AvgIpc) is 0.751. The Morgan fingerprint density at radius 2 is 0.582 bits per heavy atom. The van der Waals surface area contributed by atoms with Crippen molar-refractivity contribution in [1.29, 1.82) is 0 Å². The molecule has 0 saturated carbocycles. The maximum absolute atomic E-state index is 13.7. The van der Waals surface area contributed by atoms with E-state index in [4.69, 9.17) is 0 Å². The topological polar surface area (TPSA) is 230 Å². The molecule has 592 valence electrons. The van der Waals surface area contributed by atoms with Crippen molar-refractivity contribution in [2.45, 2.75) is 146 Å². The summed E-state index contributed by atoms with van der Waals surface area (Å²) in [6.07, 6.45) is -87.2. The molecule has 67 heteroatoms. The third-order valence-electron chi connectivity index (χ3n) is 9.04. The highest BCUT2D eigenvalue weighted by Gasteiger charge is 2.83. The van der Waals surface area contributed by atoms with E-state index < -0.39 is 178 Å². The number of ether oxygens (including phenoxy) is 3. The SMILES string of the molecule is CC[NH+](CC)CC.NS(=O)(=O)C(F)(F)C(F)(F)F.O=C(CS(=O)(=O)C(F)(F)C(F)(F)F)C(F)(OC(F)(F)C(F)(F)C(F)(F)F)C(F)(F)F.O=C(F)C(F)(OC(F)(F)C(F)(F)C(F)(F)F)C(F)(F)F.O=S(=O)(N=C([O-])C(F)(OC(F)(F)C(F)(F)C(F)(F)F)C(F)(F)F)C(F)(F)C(F)(F)F. The van der Waals surface area contributed by atoms with Crippen molar-refractivity contribution >= 4 is 47.6 Å². The van der Waals surface area contributed by atoms with Crippen molar-refractivity contribution in [3.63, 3.8) is 0 Å². The largest absolute Gasteiger partial charge is 0.857 e. The van der Waals surface area contributed by atoms with E-state index in [1.54, 1.807) is 9.64 Å². The lowest BCUT2D eigenvalue weighted by Crippen LogP contribution is -3.11. The van der Waals surface area contributed by atoms with Gasteiger partial charge in [0.25, 0.3) is 10.0 Å². The molecule has 0 spiro atoms. The van der Waals surface area contributed by atoms with E-state index in [2.05, 4.69) is 25.9 Å². The van der Waals surface area contributed by atoms with Gasteiger partial charge in [-0.25, -0.2) is 22.0 Å². The number of carbonyl (C=O) groups is 2. The van der Waals surface area contributed by atoms with E-state index in [9.17, 15) is 255 Å². The number of halogens is 49. The Morgan fingerprint density at radius 3 is 0.745 bits per heavy atom. The number of carbonyl (C=O) groups excluding carboxylic acids is 2. The second kappa shape index (κ2) is 30.2. The van der Waals surface area contributed by atoms with Crippen molar-refractivity contribution in [2.75, 3.05) is 25.4 Å². The minimum absolute atomic E-state index is 0.398. The van der Waals surface area contributed by atoms with Gasteiger partial charge in [-0.05, 0) is 20.8 Å². The summed E-state index contributed by atoms with van der Waals surface area (Å²) in [5.74, 6) is -57.0. The number of sulfone groups is 1. The zero-order valence-corrected chi connectivity index (χ0v) is 46.4. The molecule has 0 aromatic carbocycles. The smallest absolute Gasteiger partial charge is 0.471 e. The van der Waals surface area contributed by atoms with E-state index in [1.807, 2.05) is 0 Å². The molecule has 15 nitrogen and oxygen atoms in total. The van der Waals surface area contributed by atoms with Crippen LogP contribution in [0.5, 0.6) is 0 Å². The standard InChI is InChI=1S/C9H2F16O4S.C8HF16NO4S.C6F12O2.C6H15N.C2H2F5NO2S/c10-3(5(13,14)15,29-8(22,23)4(11,12)6(16,17)18)2(26)1-30(27,28)9(24,25)7(19,20)21;9-2(4(12,13)14,29-7(21,22)3(10,11)5(15,16)17)1(26)25-30(27,28)8(23,24)6(18,19)20;7-1(19)2(8,4(11,12)13)20-6(17,18)3(9,10)5(14,15)16;1-4-7(5-2)6-3;3-1(4,5)2(6,7)11(8,9)10/h1H2;(H,25,26);;4-6H2,1-3H3;(H2,8,9,10). The normalized spacial score (nSPS) is 17.1. The highest BCUT2D eigenvalue weighted by atomic mass is 32.2. The number of nitrogens with one attached hydrogen (secondary N) is 1. The van der Waals surface area contributed by atoms with Gasteiger partial charge in [0.05, 0.1) is 25.5 Å². The molecule has 0 radical (unpaired) electrons. The van der Waals surface area contributed by atoms with Crippen LogP contribution >= 0.6 is 0 Å². The fourth-order valence-electron chi connectivity index (χ4n) is 3.74. The molecule has 0 rings (SSSR count). The Hall–Kier alpha value is -4.97. The van der Waals surface area contributed by atoms with E-state index in [0.717, 1.165) is 0 Å². The summed E-state index contributed by atoms with van der Waals surface area (Å²) in [6, 6.07) is -4.39. The fourth-order valence-corrected chi connectivity index (χ4v) is 5.87. The molecule has 0 aromatic rings. The van der Waals surface area contributed by atoms with Gasteiger partial charge in [-0.3, -0.25) is 23.8 Å². The van der Waals surface area contributed by atoms with Crippen LogP contribution in [0.1, 0.15) is 20.8 Å². The number of sulfonamides is 2. The van der Waals surface area contributed by atoms with Gasteiger partial charge < -0.3 is 10.0 Å². The summed E-state index contributed by atoms with van der Waals surface area (Å²) in [5.41, 5.74) is 0. The average molecular weight is 1650 g/mol. The Kier molecular flexibility index (Phi) is 31.3. The summed E-state index contributed by atoms with van der Waals surface area (Å²) in [4.78, 5) is 22.3. The van der Waals surface area contributed by atoms with Crippen molar-refractivity contribution in [3.05, 3.63) is 0 Å². The van der Waals surface area contributed by atoms with Crippen molar-refractivity contribution < 1.29 is 274 Å². The van der Waals surface area contributed by atoms with Gasteiger partial charge in [-0.2, -0.15) is 228 Å². The van der Waals surface area contributed by atoms with Crippen molar-refractivity contribution in [1.82, 2.24) is 0 Å². The zero-order valence-electron chi connectivity index (χ0n) is 44.0. The van der Waals surface area contributed by atoms with Crippen LogP contribution in [0.2, 0.25) is 0 Å². The molecule has 0 aliphatic rings. The van der Waals surface area contributed by atoms with Crippen LogP contribution in [0.15, 0.2) is 4.40 Å². The Balaban J connectivity index is -0.000000396. The van der Waals surface area contributed by atoms with Gasteiger partial charge in [0.2, 0.25) is 15.6 Å². The number of nitrogens with two attached hydrogens (primary N) is 1. The number of quaternary nitrogens is 1. The molecule has 3 N–H and O–H groups in total. The molecule has 0 aliphatic carbocycles. The number of rotatable bonds is 21. The van der Waals surface area contributed by atoms with Gasteiger partial charge in [0.1, 0.15) is 5.75 Å². The lowest BCUT2D eigenvalue weighted by atomic mass is 10.2. The zero-order chi connectivity index (χ0) is 82.0. The third kappa shape index (κ3) is 22.3. The number of primary sulfonamides is 1. The van der Waals surface area contributed by atoms with Gasteiger partial charge in [-0.1, -0.05) is 0 Å². The second-order valence-corrected chi connectivity index (χ2v) is 21.4. The predicted molar refractivity (Wildman–Crippen MR) is 201 cm³/mol. The molecule has 0 aromatic heterocycles. The van der Waals surface area contributed by atoms with Crippen LogP contribution in [-0.4, -0.2) is 193 Å². The quantitative estimate of drug-likeness (QED) is 0.0473. The summed E-state index contributed by atoms with van der Waals surface area (Å²) in [5, 5.41) is -5.80. The number of hydrogen-bond donors (Lipinski definition) is 2. The molecule has 3 atom stereocenters. The molecule has 0 bridgehead atoms. The summed E-state index contributed by atoms with van der Waals surface area (Å²) < 4.78 is 663. The lowest BCUT2D eigenvalue weighted by molar-refractivity contribution is -0.894. The number of nitrogens with zero attached hydrogens (tertiary/aromatic N) is 1. The first-order chi connectivity index (χ1) is 41.4. The fraction of sp³-hybridized carbons (Fsp3) is 0.903. The number of Topliss-reactive ketones (excluding diaryl/α,β-unsaturated/α-hetero) is 1. The van der Waals surface area contributed by atoms with E-state index in [1.165, 1.54) is 29.1 Å². The van der Waals surface area contributed by atoms with Gasteiger partial charge in [-0.15, -0.1) is 0 Å². The first-order valence-electron chi connectivity index (χ1n) is 20.9. The molecule has 98 heavy (non-hydrogen) atoms. The summed E-state index contributed by atoms with van der Waals surface area (Å²) >= 11 is 0. The molecule has 0 amide bonds. The van der Waals surface area contributed by atoms with Crippen LogP contribution in [0.4, 0.5) is 215 Å². The highest BCUT2D eigenvalue weighted by molar-refractivity contribution is 7.93. The van der Waals surface area contributed by atoms with Crippen LogP contribution in [0.3, 0.4) is 0 Å². The van der Waals surface area contributed by atoms with Gasteiger partial charge in [0, 0.05) is 0 Å². The van der Waals surface area contributed by atoms with Crippen LogP contribution in [0.25, 0.3) is 0 Å². The van der Waals surface area contributed by atoms with Gasteiger partial charge in [0.15, 0.2) is 0 Å². The number of alkyl halides is 48. The molecule has 0 saturated heterocycles. The Labute approximate surface area is 502 Å². The first-order valence-corrected chi connectivity index (χ1v) is 25.6. The van der Waals surface area contributed by atoms with E-state index in [0.29, 0.717) is 4.40 Å². The van der Waals surface area contributed by atoms with Crippen molar-refractivity contribution in [2.24, 2.45) is 9.54 Å². The van der Waals surface area contributed by atoms with Crippen molar-refractivity contribution in [3.8, 4) is 0 Å². The maximum Gasteiger partial charge on any atom is 0.471 e. The molecule has 0 aliphatic heterocycles. The predicted octanol–water partition coefficient (Wildman–Crippen LogP) is 11.3. The second-order valence-electron chi connectivity index (χ2n) is 16.1. The monoisotopic (exact) mass is 1650 g/mol. The first kappa shape index (κ1) is 102. The highest BCUT2D eigenvalue weighted by Crippen LogP contribution is 2.55. The Morgan fingerprint density at radius 1 is 0.357 bits per heavy atom. The lowest BCUT2D eigenvalue weighted by Gasteiger charge is -2.37. The molecule has 0 heterocycles. The molecule has 0 fully saturated rings. The number of hydrogen-bond acceptors (Lipinski definition) is 12. The number of ketones is 1. The van der Waals surface area contributed by atoms with E-state index >= 15 is 0 Å². The molecular weight excluding hydrogens is 1630 g/mol. The summed E-state index contributed by atoms with van der Waals surface area (Å²) in [7, 11) is -21.4. The molecule has 3 unspecified atom stereocenters. The minimum Gasteiger partial charge on any atom is -0.857 e. The third-order valence-corrected chi connectivity index (χ3v) is 12.9. The maximum atomic E-state index is 13.7. The molecular formula is C31H20F49N3O12S3. The minimum atomic E-state index is -7.94. The van der Waals surface area contributed by atoms with Crippen LogP contribution < -0.4 is 15.1 Å². The van der Waals surface area contributed by atoms with Gasteiger partial charge >= 0.3 is 141 Å².